The van der Waals surface area contributed by atoms with E-state index in [1.807, 2.05) is 6.07 Å². The number of benzene rings is 1. The Morgan fingerprint density at radius 2 is 2.21 bits per heavy atom. The molecule has 0 aliphatic carbocycles. The molecule has 3 aromatic rings. The first-order chi connectivity index (χ1) is 11.7. The van der Waals surface area contributed by atoms with E-state index in [0.29, 0.717) is 4.77 Å². The first-order valence-corrected chi connectivity index (χ1v) is 9.43. The second kappa shape index (κ2) is 6.63. The van der Waals surface area contributed by atoms with Gasteiger partial charge in [0.1, 0.15) is 0 Å². The summed E-state index contributed by atoms with van der Waals surface area (Å²) in [5.41, 5.74) is 3.58. The lowest BCUT2D eigenvalue weighted by Crippen LogP contribution is -2.16. The van der Waals surface area contributed by atoms with Gasteiger partial charge >= 0.3 is 0 Å². The van der Waals surface area contributed by atoms with Crippen LogP contribution in [0.1, 0.15) is 17.7 Å². The van der Waals surface area contributed by atoms with E-state index in [2.05, 4.69) is 51.3 Å². The van der Waals surface area contributed by atoms with Crippen LogP contribution >= 0.6 is 23.6 Å². The number of thiophene rings is 1. The summed E-state index contributed by atoms with van der Waals surface area (Å²) in [5.74, 6) is 0.902. The molecule has 6 heteroatoms. The van der Waals surface area contributed by atoms with Crippen LogP contribution in [0.15, 0.2) is 35.7 Å². The van der Waals surface area contributed by atoms with E-state index in [4.69, 9.17) is 17.0 Å². The molecular formula is C18H19N3OS2. The molecule has 0 bridgehead atoms. The molecule has 0 amide bonds. The highest BCUT2D eigenvalue weighted by molar-refractivity contribution is 7.71. The van der Waals surface area contributed by atoms with E-state index in [1.54, 1.807) is 11.3 Å². The molecule has 1 aliphatic rings. The third-order valence-corrected chi connectivity index (χ3v) is 5.67. The monoisotopic (exact) mass is 357 g/mol. The molecular weight excluding hydrogens is 338 g/mol. The van der Waals surface area contributed by atoms with Crippen molar-refractivity contribution in [3.05, 3.63) is 45.4 Å². The van der Waals surface area contributed by atoms with Crippen LogP contribution in [0.5, 0.6) is 0 Å². The third-order valence-electron chi connectivity index (χ3n) is 4.45. The molecule has 0 unspecified atom stereocenters. The van der Waals surface area contributed by atoms with Crippen LogP contribution < -0.4 is 0 Å². The van der Waals surface area contributed by atoms with Crippen molar-refractivity contribution in [3.63, 3.8) is 0 Å². The number of rotatable bonds is 4. The summed E-state index contributed by atoms with van der Waals surface area (Å²) in [4.78, 5) is 1.29. The minimum absolute atomic E-state index is 0.230. The van der Waals surface area contributed by atoms with Crippen LogP contribution in [0.4, 0.5) is 0 Å². The van der Waals surface area contributed by atoms with Gasteiger partial charge in [-0.25, -0.2) is 0 Å². The smallest absolute Gasteiger partial charge is 0.195 e. The van der Waals surface area contributed by atoms with Crippen molar-refractivity contribution in [3.8, 4) is 22.5 Å². The number of aromatic nitrogens is 3. The molecule has 1 N–H and O–H groups in total. The van der Waals surface area contributed by atoms with Crippen molar-refractivity contribution < 1.29 is 4.74 Å². The Balaban J connectivity index is 1.79. The molecule has 124 valence electrons. The number of aryl methyl sites for hydroxylation is 1. The summed E-state index contributed by atoms with van der Waals surface area (Å²) in [7, 11) is 0. The number of ether oxygens (including phenoxy) is 1. The van der Waals surface area contributed by atoms with Crippen LogP contribution in [0, 0.1) is 11.7 Å². The molecule has 0 spiro atoms. The number of hydrogen-bond donors (Lipinski definition) is 1. The number of aromatic amines is 1. The van der Waals surface area contributed by atoms with Gasteiger partial charge < -0.3 is 4.74 Å². The summed E-state index contributed by atoms with van der Waals surface area (Å²) in [6.45, 7) is 3.76. The Kier molecular flexibility index (Phi) is 4.35. The van der Waals surface area contributed by atoms with Gasteiger partial charge in [0.15, 0.2) is 10.6 Å². The number of H-pyrrole nitrogens is 1. The quantitative estimate of drug-likeness (QED) is 0.681. The minimum atomic E-state index is 0.230. The van der Waals surface area contributed by atoms with Crippen molar-refractivity contribution >= 4 is 23.6 Å². The third kappa shape index (κ3) is 2.85. The van der Waals surface area contributed by atoms with Crippen molar-refractivity contribution in [1.82, 2.24) is 14.8 Å². The highest BCUT2D eigenvalue weighted by atomic mass is 32.1. The average Bonchev–Trinajstić information content (AvgIpc) is 3.31. The number of nitrogens with zero attached hydrogens (tertiary/aromatic N) is 2. The molecule has 0 saturated carbocycles. The maximum absolute atomic E-state index is 5.79. The topological polar surface area (TPSA) is 42.8 Å². The average molecular weight is 358 g/mol. The van der Waals surface area contributed by atoms with Gasteiger partial charge in [-0.2, -0.15) is 5.10 Å². The molecule has 24 heavy (non-hydrogen) atoms. The van der Waals surface area contributed by atoms with Crippen LogP contribution in [0.2, 0.25) is 0 Å². The van der Waals surface area contributed by atoms with E-state index in [9.17, 15) is 0 Å². The predicted octanol–water partition coefficient (Wildman–Crippen LogP) is 4.82. The van der Waals surface area contributed by atoms with Gasteiger partial charge in [-0.1, -0.05) is 30.3 Å². The Morgan fingerprint density at radius 3 is 2.96 bits per heavy atom. The Labute approximate surface area is 150 Å². The first kappa shape index (κ1) is 15.7. The number of nitrogens with one attached hydrogen (secondary N) is 1. The Morgan fingerprint density at radius 1 is 1.38 bits per heavy atom. The van der Waals surface area contributed by atoms with E-state index < -0.39 is 0 Å². The van der Waals surface area contributed by atoms with Crippen LogP contribution in [0.25, 0.3) is 22.5 Å². The maximum Gasteiger partial charge on any atom is 0.195 e. The van der Waals surface area contributed by atoms with Gasteiger partial charge in [0.2, 0.25) is 0 Å². The zero-order valence-corrected chi connectivity index (χ0v) is 15.1. The lowest BCUT2D eigenvalue weighted by atomic mass is 10.0. The van der Waals surface area contributed by atoms with Gasteiger partial charge in [0.25, 0.3) is 0 Å². The van der Waals surface area contributed by atoms with Gasteiger partial charge in [-0.15, -0.1) is 11.3 Å². The fraction of sp³-hybridized carbons (Fsp3) is 0.333. The Hall–Kier alpha value is -1.76. The summed E-state index contributed by atoms with van der Waals surface area (Å²) in [6.07, 6.45) is 2.44. The standard InChI is InChI=1S/C18H19N3OS2/c1-12-16(13-6-3-2-4-7-13)15(11-24-12)17-19-20-18(23)21(17)10-14-8-5-9-22-14/h2-4,6-7,11,14H,5,8-10H2,1H3,(H,20,23)/t14-/m1/s1. The molecule has 0 radical (unpaired) electrons. The van der Waals surface area contributed by atoms with Crippen molar-refractivity contribution in [2.24, 2.45) is 0 Å². The lowest BCUT2D eigenvalue weighted by Gasteiger charge is -2.13. The fourth-order valence-electron chi connectivity index (χ4n) is 3.27. The highest BCUT2D eigenvalue weighted by Crippen LogP contribution is 2.38. The van der Waals surface area contributed by atoms with Crippen molar-refractivity contribution in [1.29, 1.82) is 0 Å². The zero-order chi connectivity index (χ0) is 16.5. The molecule has 4 nitrogen and oxygen atoms in total. The minimum Gasteiger partial charge on any atom is -0.376 e. The second-order valence-electron chi connectivity index (χ2n) is 6.04. The predicted molar refractivity (Wildman–Crippen MR) is 99.9 cm³/mol. The van der Waals surface area contributed by atoms with E-state index in [1.165, 1.54) is 16.0 Å². The number of hydrogen-bond acceptors (Lipinski definition) is 4. The molecule has 3 heterocycles. The van der Waals surface area contributed by atoms with Gasteiger partial charge in [-0.05, 0) is 37.5 Å². The molecule has 1 aromatic carbocycles. The normalized spacial score (nSPS) is 17.5. The molecule has 1 aliphatic heterocycles. The van der Waals surface area contributed by atoms with Crippen LogP contribution in [0.3, 0.4) is 0 Å². The van der Waals surface area contributed by atoms with Crippen molar-refractivity contribution in [2.75, 3.05) is 6.61 Å². The van der Waals surface area contributed by atoms with Gasteiger partial charge in [-0.3, -0.25) is 9.67 Å². The molecule has 2 aromatic heterocycles. The largest absolute Gasteiger partial charge is 0.376 e. The summed E-state index contributed by atoms with van der Waals surface area (Å²) in [5, 5.41) is 9.66. The van der Waals surface area contributed by atoms with E-state index in [-0.39, 0.29) is 6.10 Å². The first-order valence-electron chi connectivity index (χ1n) is 8.14. The van der Waals surface area contributed by atoms with Gasteiger partial charge in [0.05, 0.1) is 12.6 Å². The van der Waals surface area contributed by atoms with Crippen LogP contribution in [-0.2, 0) is 11.3 Å². The molecule has 1 saturated heterocycles. The second-order valence-corrected chi connectivity index (χ2v) is 7.52. The molecule has 1 atom stereocenters. The highest BCUT2D eigenvalue weighted by Gasteiger charge is 2.22. The molecule has 4 rings (SSSR count). The fourth-order valence-corrected chi connectivity index (χ4v) is 4.34. The van der Waals surface area contributed by atoms with Crippen molar-refractivity contribution in [2.45, 2.75) is 32.4 Å². The lowest BCUT2D eigenvalue weighted by molar-refractivity contribution is 0.0970. The summed E-state index contributed by atoms with van der Waals surface area (Å²) >= 11 is 7.22. The Bertz CT molecular complexity index is 889. The zero-order valence-electron chi connectivity index (χ0n) is 13.5. The SMILES string of the molecule is Cc1scc(-c2n[nH]c(=S)n2C[C@H]2CCCO2)c1-c1ccccc1. The van der Waals surface area contributed by atoms with E-state index >= 15 is 0 Å². The maximum atomic E-state index is 5.79. The summed E-state index contributed by atoms with van der Waals surface area (Å²) in [6, 6.07) is 10.5. The molecule has 1 fully saturated rings. The van der Waals surface area contributed by atoms with Gasteiger partial charge in [0, 0.05) is 28.0 Å². The van der Waals surface area contributed by atoms with E-state index in [0.717, 1.165) is 37.4 Å². The summed E-state index contributed by atoms with van der Waals surface area (Å²) < 4.78 is 8.52. The van der Waals surface area contributed by atoms with Crippen LogP contribution in [-0.4, -0.2) is 27.5 Å².